The lowest BCUT2D eigenvalue weighted by Gasteiger charge is -2.12. The molecule has 0 aliphatic rings. The van der Waals surface area contributed by atoms with Gasteiger partial charge in [-0.1, -0.05) is 20.8 Å². The first-order valence-corrected chi connectivity index (χ1v) is 7.28. The first kappa shape index (κ1) is 17.0. The summed E-state index contributed by atoms with van der Waals surface area (Å²) in [5.41, 5.74) is 6.30. The van der Waals surface area contributed by atoms with Gasteiger partial charge in [-0.3, -0.25) is 4.79 Å². The summed E-state index contributed by atoms with van der Waals surface area (Å²) in [4.78, 5) is 19.6. The lowest BCUT2D eigenvalue weighted by atomic mass is 10.2. The molecular formula is C14H25N5O2. The number of nitrogen functional groups attached to an aromatic ring is 1. The van der Waals surface area contributed by atoms with Crippen LogP contribution in [0.3, 0.4) is 0 Å². The Morgan fingerprint density at radius 1 is 1.43 bits per heavy atom. The average Bonchev–Trinajstić information content (AvgIpc) is 2.45. The standard InChI is InChI=1S/C14H25N5O2/c1-4-7-21-14-12(15)13(18-9-19-14)16-6-5-11(20)17-8-10(2)3/h9-10H,4-8,15H2,1-3H3,(H,17,20)(H,16,18,19). The molecule has 7 nitrogen and oxygen atoms in total. The third kappa shape index (κ3) is 6.29. The fourth-order valence-corrected chi connectivity index (χ4v) is 1.53. The highest BCUT2D eigenvalue weighted by molar-refractivity contribution is 5.76. The first-order chi connectivity index (χ1) is 10.0. The van der Waals surface area contributed by atoms with Crippen molar-refractivity contribution >= 4 is 17.4 Å². The molecular weight excluding hydrogens is 270 g/mol. The van der Waals surface area contributed by atoms with E-state index >= 15 is 0 Å². The monoisotopic (exact) mass is 295 g/mol. The number of nitrogens with zero attached hydrogens (tertiary/aromatic N) is 2. The summed E-state index contributed by atoms with van der Waals surface area (Å²) in [5.74, 6) is 1.32. The van der Waals surface area contributed by atoms with Crippen molar-refractivity contribution in [1.29, 1.82) is 0 Å². The van der Waals surface area contributed by atoms with Gasteiger partial charge in [0.1, 0.15) is 12.0 Å². The number of anilines is 2. The highest BCUT2D eigenvalue weighted by atomic mass is 16.5. The Hall–Kier alpha value is -2.05. The number of ether oxygens (including phenoxy) is 1. The fourth-order valence-electron chi connectivity index (χ4n) is 1.53. The molecule has 0 unspecified atom stereocenters. The van der Waals surface area contributed by atoms with Crippen molar-refractivity contribution in [2.24, 2.45) is 5.92 Å². The van der Waals surface area contributed by atoms with Crippen LogP contribution in [0.15, 0.2) is 6.33 Å². The zero-order valence-corrected chi connectivity index (χ0v) is 13.0. The molecule has 0 saturated heterocycles. The molecule has 4 N–H and O–H groups in total. The van der Waals surface area contributed by atoms with Gasteiger partial charge in [-0.25, -0.2) is 4.98 Å². The summed E-state index contributed by atoms with van der Waals surface area (Å²) in [7, 11) is 0. The average molecular weight is 295 g/mol. The molecule has 0 aliphatic carbocycles. The number of aromatic nitrogens is 2. The summed E-state index contributed by atoms with van der Waals surface area (Å²) in [6.07, 6.45) is 2.63. The topological polar surface area (TPSA) is 102 Å². The molecule has 0 aliphatic heterocycles. The van der Waals surface area contributed by atoms with Crippen molar-refractivity contribution in [3.05, 3.63) is 6.33 Å². The zero-order valence-electron chi connectivity index (χ0n) is 13.0. The van der Waals surface area contributed by atoms with E-state index in [9.17, 15) is 4.79 Å². The van der Waals surface area contributed by atoms with Crippen molar-refractivity contribution in [1.82, 2.24) is 15.3 Å². The molecule has 0 bridgehead atoms. The summed E-state index contributed by atoms with van der Waals surface area (Å²) in [6, 6.07) is 0. The van der Waals surface area contributed by atoms with Crippen LogP contribution < -0.4 is 21.1 Å². The predicted molar refractivity (Wildman–Crippen MR) is 83.2 cm³/mol. The van der Waals surface area contributed by atoms with Gasteiger partial charge < -0.3 is 21.1 Å². The second-order valence-corrected chi connectivity index (χ2v) is 5.16. The fraction of sp³-hybridized carbons (Fsp3) is 0.643. The van der Waals surface area contributed by atoms with Crippen molar-refractivity contribution in [2.45, 2.75) is 33.6 Å². The van der Waals surface area contributed by atoms with Crippen LogP contribution in [0.1, 0.15) is 33.6 Å². The molecule has 1 aromatic heterocycles. The third-order valence-corrected chi connectivity index (χ3v) is 2.64. The van der Waals surface area contributed by atoms with E-state index in [0.717, 1.165) is 6.42 Å². The van der Waals surface area contributed by atoms with Gasteiger partial charge in [0.2, 0.25) is 11.8 Å². The molecule has 1 aromatic rings. The van der Waals surface area contributed by atoms with Crippen LogP contribution in [-0.4, -0.2) is 35.6 Å². The molecule has 0 radical (unpaired) electrons. The molecule has 1 amide bonds. The Kier molecular flexibility index (Phi) is 7.28. The second-order valence-electron chi connectivity index (χ2n) is 5.16. The Morgan fingerprint density at radius 3 is 2.86 bits per heavy atom. The maximum Gasteiger partial charge on any atom is 0.242 e. The smallest absolute Gasteiger partial charge is 0.242 e. The number of nitrogens with one attached hydrogen (secondary N) is 2. The van der Waals surface area contributed by atoms with Gasteiger partial charge in [-0.05, 0) is 12.3 Å². The van der Waals surface area contributed by atoms with Crippen LogP contribution in [0.4, 0.5) is 11.5 Å². The quantitative estimate of drug-likeness (QED) is 0.637. The maximum atomic E-state index is 11.6. The minimum atomic E-state index is 0.00582. The summed E-state index contributed by atoms with van der Waals surface area (Å²) in [6.45, 7) is 7.81. The van der Waals surface area contributed by atoms with Crippen LogP contribution in [0.25, 0.3) is 0 Å². The van der Waals surface area contributed by atoms with Crippen molar-refractivity contribution < 1.29 is 9.53 Å². The Labute approximate surface area is 125 Å². The largest absolute Gasteiger partial charge is 0.476 e. The summed E-state index contributed by atoms with van der Waals surface area (Å²) in [5, 5.41) is 5.89. The van der Waals surface area contributed by atoms with Crippen molar-refractivity contribution in [2.75, 3.05) is 30.7 Å². The van der Waals surface area contributed by atoms with Gasteiger partial charge in [-0.2, -0.15) is 4.98 Å². The highest BCUT2D eigenvalue weighted by Gasteiger charge is 2.09. The maximum absolute atomic E-state index is 11.6. The van der Waals surface area contributed by atoms with E-state index in [2.05, 4.69) is 34.4 Å². The number of rotatable bonds is 9. The number of carbonyl (C=O) groups excluding carboxylic acids is 1. The van der Waals surface area contributed by atoms with Gasteiger partial charge in [-0.15, -0.1) is 0 Å². The molecule has 7 heteroatoms. The lowest BCUT2D eigenvalue weighted by Crippen LogP contribution is -2.28. The van der Waals surface area contributed by atoms with Gasteiger partial charge in [0.25, 0.3) is 0 Å². The number of carbonyl (C=O) groups is 1. The van der Waals surface area contributed by atoms with Crippen molar-refractivity contribution in [3.8, 4) is 5.88 Å². The Bertz CT molecular complexity index is 451. The minimum absolute atomic E-state index is 0.00582. The third-order valence-electron chi connectivity index (χ3n) is 2.64. The molecule has 1 heterocycles. The molecule has 0 fully saturated rings. The summed E-state index contributed by atoms with van der Waals surface area (Å²) >= 11 is 0. The molecule has 21 heavy (non-hydrogen) atoms. The molecule has 0 saturated carbocycles. The predicted octanol–water partition coefficient (Wildman–Crippen LogP) is 1.42. The molecule has 118 valence electrons. The van der Waals surface area contributed by atoms with Crippen LogP contribution in [0, 0.1) is 5.92 Å². The van der Waals surface area contributed by atoms with Crippen LogP contribution >= 0.6 is 0 Å². The van der Waals surface area contributed by atoms with E-state index in [0.29, 0.717) is 49.4 Å². The number of hydrogen-bond donors (Lipinski definition) is 3. The highest BCUT2D eigenvalue weighted by Crippen LogP contribution is 2.24. The van der Waals surface area contributed by atoms with Crippen LogP contribution in [0.2, 0.25) is 0 Å². The SMILES string of the molecule is CCCOc1ncnc(NCCC(=O)NCC(C)C)c1N. The van der Waals surface area contributed by atoms with Gasteiger partial charge in [0, 0.05) is 19.5 Å². The zero-order chi connectivity index (χ0) is 15.7. The Balaban J connectivity index is 2.43. The van der Waals surface area contributed by atoms with Gasteiger partial charge >= 0.3 is 0 Å². The Morgan fingerprint density at radius 2 is 2.19 bits per heavy atom. The lowest BCUT2D eigenvalue weighted by molar-refractivity contribution is -0.120. The van der Waals surface area contributed by atoms with Crippen molar-refractivity contribution in [3.63, 3.8) is 0 Å². The van der Waals surface area contributed by atoms with E-state index in [1.807, 2.05) is 6.92 Å². The number of hydrogen-bond acceptors (Lipinski definition) is 6. The van der Waals surface area contributed by atoms with Crippen LogP contribution in [0.5, 0.6) is 5.88 Å². The summed E-state index contributed by atoms with van der Waals surface area (Å²) < 4.78 is 5.42. The van der Waals surface area contributed by atoms with E-state index in [-0.39, 0.29) is 5.91 Å². The van der Waals surface area contributed by atoms with E-state index in [4.69, 9.17) is 10.5 Å². The van der Waals surface area contributed by atoms with E-state index in [1.54, 1.807) is 0 Å². The van der Waals surface area contributed by atoms with Gasteiger partial charge in [0.05, 0.1) is 6.61 Å². The van der Waals surface area contributed by atoms with E-state index < -0.39 is 0 Å². The number of amides is 1. The molecule has 0 atom stereocenters. The minimum Gasteiger partial charge on any atom is -0.476 e. The molecule has 0 aromatic carbocycles. The van der Waals surface area contributed by atoms with Gasteiger partial charge in [0.15, 0.2) is 5.82 Å². The normalized spacial score (nSPS) is 10.5. The molecule has 0 spiro atoms. The van der Waals surface area contributed by atoms with E-state index in [1.165, 1.54) is 6.33 Å². The second kappa shape index (κ2) is 8.99. The first-order valence-electron chi connectivity index (χ1n) is 7.28. The van der Waals surface area contributed by atoms with Crippen LogP contribution in [-0.2, 0) is 4.79 Å². The molecule has 1 rings (SSSR count). The number of nitrogens with two attached hydrogens (primary N) is 1.